The van der Waals surface area contributed by atoms with E-state index in [1.165, 1.54) is 11.8 Å². The normalized spacial score (nSPS) is 36.6. The third kappa shape index (κ3) is 2.85. The lowest BCUT2D eigenvalue weighted by Crippen LogP contribution is -2.57. The van der Waals surface area contributed by atoms with E-state index in [0.29, 0.717) is 0 Å². The lowest BCUT2D eigenvalue weighted by Gasteiger charge is -2.39. The molecule has 1 saturated heterocycles. The second-order valence-corrected chi connectivity index (χ2v) is 5.30. The van der Waals surface area contributed by atoms with Crippen molar-refractivity contribution in [1.82, 2.24) is 0 Å². The van der Waals surface area contributed by atoms with Crippen LogP contribution in [0.5, 0.6) is 0 Å². The molecule has 0 aromatic heterocycles. The molecule has 0 bridgehead atoms. The number of hydrogen-bond acceptors (Lipinski definition) is 6. The molecule has 2 rings (SSSR count). The Kier molecular flexibility index (Phi) is 4.60. The van der Waals surface area contributed by atoms with E-state index in [-0.39, 0.29) is 0 Å². The SMILES string of the molecule is OCC1O[C@H](Sc2ccccc2)[C@H](O)C(O)[C@@H]1O. The molecule has 0 radical (unpaired) electrons. The van der Waals surface area contributed by atoms with E-state index in [4.69, 9.17) is 9.84 Å². The molecule has 4 N–H and O–H groups in total. The lowest BCUT2D eigenvalue weighted by molar-refractivity contribution is -0.205. The summed E-state index contributed by atoms with van der Waals surface area (Å²) in [5.41, 5.74) is -0.719. The van der Waals surface area contributed by atoms with Crippen molar-refractivity contribution in [2.45, 2.75) is 34.7 Å². The Hall–Kier alpha value is -0.630. The molecular formula is C12H16O5S. The second kappa shape index (κ2) is 6.01. The molecule has 1 aromatic rings. The molecule has 0 spiro atoms. The average molecular weight is 272 g/mol. The van der Waals surface area contributed by atoms with E-state index >= 15 is 0 Å². The highest BCUT2D eigenvalue weighted by Gasteiger charge is 2.43. The average Bonchev–Trinajstić information content (AvgIpc) is 2.40. The monoisotopic (exact) mass is 272 g/mol. The van der Waals surface area contributed by atoms with Gasteiger partial charge >= 0.3 is 0 Å². The number of hydrogen-bond donors (Lipinski definition) is 4. The van der Waals surface area contributed by atoms with Gasteiger partial charge in [-0.05, 0) is 12.1 Å². The molecule has 2 unspecified atom stereocenters. The highest BCUT2D eigenvalue weighted by atomic mass is 32.2. The molecular weight excluding hydrogens is 256 g/mol. The standard InChI is InChI=1S/C12H16O5S/c13-6-8-9(14)10(15)11(16)12(17-8)18-7-4-2-1-3-5-7/h1-5,8-16H,6H2/t8?,9-,10?,11-,12-/m1/s1. The van der Waals surface area contributed by atoms with Crippen LogP contribution in [0.25, 0.3) is 0 Å². The van der Waals surface area contributed by atoms with Crippen molar-refractivity contribution in [3.05, 3.63) is 30.3 Å². The van der Waals surface area contributed by atoms with Crippen LogP contribution in [0, 0.1) is 0 Å². The van der Waals surface area contributed by atoms with Gasteiger partial charge in [-0.1, -0.05) is 30.0 Å². The first-order chi connectivity index (χ1) is 8.63. The Bertz CT molecular complexity index is 372. The maximum atomic E-state index is 9.85. The van der Waals surface area contributed by atoms with Crippen LogP contribution in [0.2, 0.25) is 0 Å². The first kappa shape index (κ1) is 13.8. The van der Waals surface area contributed by atoms with Crippen LogP contribution in [0.1, 0.15) is 0 Å². The zero-order valence-electron chi connectivity index (χ0n) is 9.59. The third-order valence-electron chi connectivity index (χ3n) is 2.84. The Balaban J connectivity index is 2.08. The van der Waals surface area contributed by atoms with Gasteiger partial charge in [-0.25, -0.2) is 0 Å². The van der Waals surface area contributed by atoms with Gasteiger partial charge < -0.3 is 25.2 Å². The molecule has 5 atom stereocenters. The van der Waals surface area contributed by atoms with Gasteiger partial charge in [0, 0.05) is 4.90 Å². The van der Waals surface area contributed by atoms with E-state index in [1.54, 1.807) is 0 Å². The molecule has 0 aliphatic carbocycles. The van der Waals surface area contributed by atoms with Crippen molar-refractivity contribution in [2.24, 2.45) is 0 Å². The molecule has 0 saturated carbocycles. The first-order valence-corrected chi connectivity index (χ1v) is 6.53. The number of aliphatic hydroxyl groups is 4. The molecule has 5 nitrogen and oxygen atoms in total. The van der Waals surface area contributed by atoms with Gasteiger partial charge in [0.25, 0.3) is 0 Å². The Labute approximate surface area is 109 Å². The molecule has 100 valence electrons. The van der Waals surface area contributed by atoms with Crippen LogP contribution < -0.4 is 0 Å². The minimum atomic E-state index is -1.32. The summed E-state index contributed by atoms with van der Waals surface area (Å²) in [7, 11) is 0. The van der Waals surface area contributed by atoms with Gasteiger partial charge in [-0.15, -0.1) is 0 Å². The van der Waals surface area contributed by atoms with Crippen LogP contribution in [-0.4, -0.2) is 56.9 Å². The topological polar surface area (TPSA) is 90.2 Å². The van der Waals surface area contributed by atoms with E-state index in [9.17, 15) is 15.3 Å². The summed E-state index contributed by atoms with van der Waals surface area (Å²) in [5.74, 6) is 0. The number of aliphatic hydroxyl groups excluding tert-OH is 4. The highest BCUT2D eigenvalue weighted by molar-refractivity contribution is 7.99. The van der Waals surface area contributed by atoms with Crippen LogP contribution in [0.4, 0.5) is 0 Å². The van der Waals surface area contributed by atoms with Crippen molar-refractivity contribution in [1.29, 1.82) is 0 Å². The van der Waals surface area contributed by atoms with Gasteiger partial charge in [0.15, 0.2) is 0 Å². The van der Waals surface area contributed by atoms with Crippen molar-refractivity contribution >= 4 is 11.8 Å². The Morgan fingerprint density at radius 3 is 2.28 bits per heavy atom. The largest absolute Gasteiger partial charge is 0.394 e. The maximum Gasteiger partial charge on any atom is 0.136 e. The van der Waals surface area contributed by atoms with Gasteiger partial charge in [0.1, 0.15) is 29.9 Å². The lowest BCUT2D eigenvalue weighted by atomic mass is 10.0. The summed E-state index contributed by atoms with van der Waals surface area (Å²) >= 11 is 1.24. The highest BCUT2D eigenvalue weighted by Crippen LogP contribution is 2.32. The molecule has 0 amide bonds. The molecule has 18 heavy (non-hydrogen) atoms. The fraction of sp³-hybridized carbons (Fsp3) is 0.500. The summed E-state index contributed by atoms with van der Waals surface area (Å²) in [5, 5.41) is 38.2. The summed E-state index contributed by atoms with van der Waals surface area (Å²) < 4.78 is 5.39. The summed E-state index contributed by atoms with van der Waals surface area (Å²) in [6, 6.07) is 9.29. The zero-order valence-corrected chi connectivity index (χ0v) is 10.4. The van der Waals surface area contributed by atoms with Gasteiger partial charge in [0.05, 0.1) is 6.61 Å². The van der Waals surface area contributed by atoms with Crippen molar-refractivity contribution in [3.63, 3.8) is 0 Å². The predicted octanol–water partition coefficient (Wildman–Crippen LogP) is -0.421. The van der Waals surface area contributed by atoms with Crippen LogP contribution in [0.3, 0.4) is 0 Å². The van der Waals surface area contributed by atoms with Gasteiger partial charge in [0.2, 0.25) is 0 Å². The van der Waals surface area contributed by atoms with Crippen LogP contribution in [0.15, 0.2) is 35.2 Å². The molecule has 1 aliphatic rings. The molecule has 1 aliphatic heterocycles. The van der Waals surface area contributed by atoms with E-state index < -0.39 is 36.5 Å². The third-order valence-corrected chi connectivity index (χ3v) is 4.01. The van der Waals surface area contributed by atoms with Crippen LogP contribution in [-0.2, 0) is 4.74 Å². The number of ether oxygens (including phenoxy) is 1. The van der Waals surface area contributed by atoms with E-state index in [0.717, 1.165) is 4.90 Å². The predicted molar refractivity (Wildman–Crippen MR) is 66.1 cm³/mol. The molecule has 6 heteroatoms. The second-order valence-electron chi connectivity index (χ2n) is 4.13. The van der Waals surface area contributed by atoms with Crippen molar-refractivity contribution in [2.75, 3.05) is 6.61 Å². The number of rotatable bonds is 3. The summed E-state index contributed by atoms with van der Waals surface area (Å²) in [4.78, 5) is 0.877. The quantitative estimate of drug-likeness (QED) is 0.597. The first-order valence-electron chi connectivity index (χ1n) is 5.65. The smallest absolute Gasteiger partial charge is 0.136 e. The Morgan fingerprint density at radius 2 is 1.67 bits per heavy atom. The van der Waals surface area contributed by atoms with E-state index in [1.807, 2.05) is 30.3 Å². The maximum absolute atomic E-state index is 9.85. The number of thioether (sulfide) groups is 1. The molecule has 1 fully saturated rings. The molecule has 1 heterocycles. The summed E-state index contributed by atoms with van der Waals surface area (Å²) in [6.45, 7) is -0.406. The zero-order chi connectivity index (χ0) is 13.1. The Morgan fingerprint density at radius 1 is 1.00 bits per heavy atom. The minimum Gasteiger partial charge on any atom is -0.394 e. The minimum absolute atomic E-state index is 0.406. The van der Waals surface area contributed by atoms with Gasteiger partial charge in [-0.3, -0.25) is 0 Å². The fourth-order valence-corrected chi connectivity index (χ4v) is 2.88. The molecule has 1 aromatic carbocycles. The van der Waals surface area contributed by atoms with E-state index in [2.05, 4.69) is 0 Å². The number of benzene rings is 1. The van der Waals surface area contributed by atoms with Crippen LogP contribution >= 0.6 is 11.8 Å². The fourth-order valence-electron chi connectivity index (χ4n) is 1.80. The van der Waals surface area contributed by atoms with Gasteiger partial charge in [-0.2, -0.15) is 0 Å². The van der Waals surface area contributed by atoms with Crippen molar-refractivity contribution in [3.8, 4) is 0 Å². The van der Waals surface area contributed by atoms with Crippen molar-refractivity contribution < 1.29 is 25.2 Å². The summed E-state index contributed by atoms with van der Waals surface area (Å²) in [6.07, 6.45) is -4.69.